The number of nitrogens with one attached hydrogen (secondary N) is 1. The summed E-state index contributed by atoms with van der Waals surface area (Å²) in [6.07, 6.45) is 8.92. The number of hydrogen-bond acceptors (Lipinski definition) is 2. The SMILES string of the molecule is CC(NC(=O)/C=C/c1ccc(OCc2ccccc2)cc1)C1CC2CCC1C2. The van der Waals surface area contributed by atoms with E-state index < -0.39 is 0 Å². The molecule has 2 aromatic carbocycles. The van der Waals surface area contributed by atoms with E-state index in [1.165, 1.54) is 25.7 Å². The van der Waals surface area contributed by atoms with Crippen LogP contribution < -0.4 is 10.1 Å². The average molecular weight is 376 g/mol. The highest BCUT2D eigenvalue weighted by Crippen LogP contribution is 2.49. The maximum Gasteiger partial charge on any atom is 0.244 e. The van der Waals surface area contributed by atoms with Crippen LogP contribution >= 0.6 is 0 Å². The van der Waals surface area contributed by atoms with E-state index in [9.17, 15) is 4.79 Å². The van der Waals surface area contributed by atoms with Gasteiger partial charge in [0.1, 0.15) is 12.4 Å². The van der Waals surface area contributed by atoms with Crippen molar-refractivity contribution in [2.24, 2.45) is 17.8 Å². The van der Waals surface area contributed by atoms with Crippen molar-refractivity contribution >= 4 is 12.0 Å². The van der Waals surface area contributed by atoms with Gasteiger partial charge in [0.05, 0.1) is 0 Å². The highest BCUT2D eigenvalue weighted by atomic mass is 16.5. The minimum atomic E-state index is -0.000299. The normalized spacial score (nSPS) is 24.4. The molecule has 3 nitrogen and oxygen atoms in total. The number of amides is 1. The van der Waals surface area contributed by atoms with E-state index in [-0.39, 0.29) is 11.9 Å². The van der Waals surface area contributed by atoms with Crippen LogP contribution in [-0.4, -0.2) is 11.9 Å². The summed E-state index contributed by atoms with van der Waals surface area (Å²) in [4.78, 5) is 12.3. The molecule has 2 bridgehead atoms. The molecule has 0 aliphatic heterocycles. The molecule has 2 aromatic rings. The third-order valence-corrected chi connectivity index (χ3v) is 6.36. The summed E-state index contributed by atoms with van der Waals surface area (Å²) in [5.41, 5.74) is 2.14. The Morgan fingerprint density at radius 2 is 1.89 bits per heavy atom. The summed E-state index contributed by atoms with van der Waals surface area (Å²) in [6.45, 7) is 2.72. The van der Waals surface area contributed by atoms with Crippen molar-refractivity contribution in [1.82, 2.24) is 5.32 Å². The Morgan fingerprint density at radius 1 is 1.11 bits per heavy atom. The smallest absolute Gasteiger partial charge is 0.244 e. The highest BCUT2D eigenvalue weighted by Gasteiger charge is 2.41. The molecule has 28 heavy (non-hydrogen) atoms. The second-order valence-electron chi connectivity index (χ2n) is 8.31. The molecule has 2 saturated carbocycles. The van der Waals surface area contributed by atoms with Crippen LogP contribution in [0.1, 0.15) is 43.7 Å². The first kappa shape index (κ1) is 18.8. The molecule has 0 aromatic heterocycles. The van der Waals surface area contributed by atoms with Crippen LogP contribution in [0.15, 0.2) is 60.7 Å². The molecule has 0 saturated heterocycles. The van der Waals surface area contributed by atoms with Gasteiger partial charge in [-0.15, -0.1) is 0 Å². The standard InChI is InChI=1S/C25H29NO2/c1-18(24-16-21-7-11-22(24)15-21)26-25(27)14-10-19-8-12-23(13-9-19)28-17-20-5-3-2-4-6-20/h2-6,8-10,12-14,18,21-22,24H,7,11,15-17H2,1H3,(H,26,27)/b14-10+. The highest BCUT2D eigenvalue weighted by molar-refractivity contribution is 5.91. The van der Waals surface area contributed by atoms with E-state index in [1.807, 2.05) is 60.7 Å². The van der Waals surface area contributed by atoms with Gasteiger partial charge in [0, 0.05) is 12.1 Å². The van der Waals surface area contributed by atoms with E-state index >= 15 is 0 Å². The second-order valence-corrected chi connectivity index (χ2v) is 8.31. The molecule has 146 valence electrons. The summed E-state index contributed by atoms with van der Waals surface area (Å²) in [5.74, 6) is 3.23. The summed E-state index contributed by atoms with van der Waals surface area (Å²) in [5, 5.41) is 3.18. The zero-order valence-electron chi connectivity index (χ0n) is 16.5. The van der Waals surface area contributed by atoms with Crippen molar-refractivity contribution in [2.45, 2.75) is 45.3 Å². The third-order valence-electron chi connectivity index (χ3n) is 6.36. The fourth-order valence-electron chi connectivity index (χ4n) is 4.87. The first-order valence-corrected chi connectivity index (χ1v) is 10.4. The molecule has 2 aliphatic rings. The maximum atomic E-state index is 12.3. The molecule has 1 N–H and O–H groups in total. The predicted octanol–water partition coefficient (Wildman–Crippen LogP) is 5.22. The minimum absolute atomic E-state index is 0.000299. The Bertz CT molecular complexity index is 812. The molecule has 0 spiro atoms. The van der Waals surface area contributed by atoms with Crippen molar-refractivity contribution in [3.05, 3.63) is 71.8 Å². The number of ether oxygens (including phenoxy) is 1. The number of carbonyl (C=O) groups excluding carboxylic acids is 1. The lowest BCUT2D eigenvalue weighted by Gasteiger charge is -2.28. The van der Waals surface area contributed by atoms with Gasteiger partial charge < -0.3 is 10.1 Å². The zero-order chi connectivity index (χ0) is 19.3. The van der Waals surface area contributed by atoms with E-state index in [0.29, 0.717) is 12.5 Å². The van der Waals surface area contributed by atoms with E-state index in [0.717, 1.165) is 28.7 Å². The topological polar surface area (TPSA) is 38.3 Å². The van der Waals surface area contributed by atoms with Crippen molar-refractivity contribution < 1.29 is 9.53 Å². The summed E-state index contributed by atoms with van der Waals surface area (Å²) in [7, 11) is 0. The van der Waals surface area contributed by atoms with Crippen molar-refractivity contribution in [3.63, 3.8) is 0 Å². The molecule has 2 fully saturated rings. The molecule has 4 atom stereocenters. The molecule has 0 heterocycles. The quantitative estimate of drug-likeness (QED) is 0.674. The number of hydrogen-bond donors (Lipinski definition) is 1. The number of rotatable bonds is 7. The number of carbonyl (C=O) groups is 1. The van der Waals surface area contributed by atoms with Gasteiger partial charge in [-0.1, -0.05) is 48.9 Å². The van der Waals surface area contributed by atoms with Crippen LogP contribution in [0.25, 0.3) is 6.08 Å². The molecule has 0 radical (unpaired) electrons. The second kappa shape index (κ2) is 8.64. The first-order chi connectivity index (χ1) is 13.7. The molecule has 4 unspecified atom stereocenters. The molecular weight excluding hydrogens is 346 g/mol. The monoisotopic (exact) mass is 375 g/mol. The van der Waals surface area contributed by atoms with Gasteiger partial charge in [-0.3, -0.25) is 4.79 Å². The third kappa shape index (κ3) is 4.64. The average Bonchev–Trinajstić information content (AvgIpc) is 3.36. The van der Waals surface area contributed by atoms with Crippen LogP contribution in [0.3, 0.4) is 0 Å². The van der Waals surface area contributed by atoms with Gasteiger partial charge >= 0.3 is 0 Å². The van der Waals surface area contributed by atoms with Gasteiger partial charge in [-0.05, 0) is 73.3 Å². The lowest BCUT2D eigenvalue weighted by atomic mass is 9.84. The molecule has 2 aliphatic carbocycles. The van der Waals surface area contributed by atoms with Gasteiger partial charge in [0.15, 0.2) is 0 Å². The van der Waals surface area contributed by atoms with Crippen LogP contribution in [0.4, 0.5) is 0 Å². The van der Waals surface area contributed by atoms with Crippen LogP contribution in [-0.2, 0) is 11.4 Å². The Kier molecular flexibility index (Phi) is 5.80. The number of benzene rings is 2. The van der Waals surface area contributed by atoms with Crippen molar-refractivity contribution in [3.8, 4) is 5.75 Å². The Morgan fingerprint density at radius 3 is 2.57 bits per heavy atom. The molecular formula is C25H29NO2. The van der Waals surface area contributed by atoms with E-state index in [2.05, 4.69) is 12.2 Å². The fourth-order valence-corrected chi connectivity index (χ4v) is 4.87. The summed E-state index contributed by atoms with van der Waals surface area (Å²) < 4.78 is 5.80. The zero-order valence-corrected chi connectivity index (χ0v) is 16.5. The summed E-state index contributed by atoms with van der Waals surface area (Å²) in [6, 6.07) is 18.2. The van der Waals surface area contributed by atoms with Crippen LogP contribution in [0.5, 0.6) is 5.75 Å². The molecule has 4 rings (SSSR count). The van der Waals surface area contributed by atoms with E-state index in [1.54, 1.807) is 6.08 Å². The summed E-state index contributed by atoms with van der Waals surface area (Å²) >= 11 is 0. The fraction of sp³-hybridized carbons (Fsp3) is 0.400. The Hall–Kier alpha value is -2.55. The van der Waals surface area contributed by atoms with E-state index in [4.69, 9.17) is 4.74 Å². The van der Waals surface area contributed by atoms with Gasteiger partial charge in [-0.2, -0.15) is 0 Å². The van der Waals surface area contributed by atoms with Crippen molar-refractivity contribution in [2.75, 3.05) is 0 Å². The maximum absolute atomic E-state index is 12.3. The lowest BCUT2D eigenvalue weighted by molar-refractivity contribution is -0.117. The Labute approximate surface area is 167 Å². The lowest BCUT2D eigenvalue weighted by Crippen LogP contribution is -2.39. The minimum Gasteiger partial charge on any atom is -0.489 e. The largest absolute Gasteiger partial charge is 0.489 e. The first-order valence-electron chi connectivity index (χ1n) is 10.4. The predicted molar refractivity (Wildman–Crippen MR) is 113 cm³/mol. The molecule has 3 heteroatoms. The molecule has 1 amide bonds. The van der Waals surface area contributed by atoms with Crippen LogP contribution in [0.2, 0.25) is 0 Å². The van der Waals surface area contributed by atoms with Gasteiger partial charge in [-0.25, -0.2) is 0 Å². The number of fused-ring (bicyclic) bond motifs is 2. The van der Waals surface area contributed by atoms with Crippen LogP contribution in [0, 0.1) is 17.8 Å². The van der Waals surface area contributed by atoms with Gasteiger partial charge in [0.2, 0.25) is 5.91 Å². The van der Waals surface area contributed by atoms with Crippen molar-refractivity contribution in [1.29, 1.82) is 0 Å². The Balaban J connectivity index is 1.25. The van der Waals surface area contributed by atoms with Gasteiger partial charge in [0.25, 0.3) is 0 Å².